The summed E-state index contributed by atoms with van der Waals surface area (Å²) < 4.78 is 4.17. The molecule has 0 atom stereocenters. The van der Waals surface area contributed by atoms with Crippen LogP contribution in [-0.4, -0.2) is 18.7 Å². The lowest BCUT2D eigenvalue weighted by Gasteiger charge is -2.07. The van der Waals surface area contributed by atoms with E-state index >= 15 is 0 Å². The summed E-state index contributed by atoms with van der Waals surface area (Å²) in [5, 5.41) is 8.50. The molecule has 7 heteroatoms. The van der Waals surface area contributed by atoms with Gasteiger partial charge in [-0.3, -0.25) is 13.9 Å². The lowest BCUT2D eigenvalue weighted by molar-refractivity contribution is 0.637. The van der Waals surface area contributed by atoms with Gasteiger partial charge in [0.05, 0.1) is 12.4 Å². The molecule has 0 unspecified atom stereocenters. The molecule has 94 valence electrons. The number of imidazole rings is 1. The number of hydrogen-bond donors (Lipinski definition) is 0. The minimum atomic E-state index is -0.396. The summed E-state index contributed by atoms with van der Waals surface area (Å²) in [7, 11) is 3.03. The van der Waals surface area contributed by atoms with Gasteiger partial charge in [-0.2, -0.15) is 5.26 Å². The van der Waals surface area contributed by atoms with Crippen LogP contribution in [0.2, 0.25) is 0 Å². The van der Waals surface area contributed by atoms with E-state index in [1.807, 2.05) is 0 Å². The molecule has 0 fully saturated rings. The second-order valence-electron chi connectivity index (χ2n) is 4.08. The number of rotatable bonds is 3. The van der Waals surface area contributed by atoms with Gasteiger partial charge >= 0.3 is 5.69 Å². The molecule has 0 aliphatic rings. The summed E-state index contributed by atoms with van der Waals surface area (Å²) in [6, 6.07) is 2.06. The van der Waals surface area contributed by atoms with E-state index < -0.39 is 5.56 Å². The zero-order valence-corrected chi connectivity index (χ0v) is 10.3. The largest absolute Gasteiger partial charge is 0.332 e. The van der Waals surface area contributed by atoms with Crippen molar-refractivity contribution >= 4 is 11.2 Å². The number of fused-ring (bicyclic) bond motifs is 1. The van der Waals surface area contributed by atoms with Crippen molar-refractivity contribution in [2.45, 2.75) is 19.4 Å². The Morgan fingerprint density at radius 2 is 2.06 bits per heavy atom. The Balaban J connectivity index is 2.63. The minimum absolute atomic E-state index is 0.275. The Hall–Kier alpha value is -2.36. The van der Waals surface area contributed by atoms with E-state index in [9.17, 15) is 9.59 Å². The third kappa shape index (κ3) is 1.72. The number of unbranched alkanes of at least 4 members (excludes halogenated alkanes) is 1. The molecule has 2 aromatic rings. The number of hydrogen-bond acceptors (Lipinski definition) is 4. The second-order valence-corrected chi connectivity index (χ2v) is 4.08. The van der Waals surface area contributed by atoms with Crippen molar-refractivity contribution in [1.29, 1.82) is 5.26 Å². The maximum Gasteiger partial charge on any atom is 0.332 e. The number of nitriles is 1. The summed E-state index contributed by atoms with van der Waals surface area (Å²) >= 11 is 0. The first-order chi connectivity index (χ1) is 8.57. The Bertz CT molecular complexity index is 744. The molecule has 2 rings (SSSR count). The minimum Gasteiger partial charge on any atom is -0.316 e. The van der Waals surface area contributed by atoms with Crippen LogP contribution < -0.4 is 11.2 Å². The highest BCUT2D eigenvalue weighted by Crippen LogP contribution is 2.07. The Morgan fingerprint density at radius 1 is 1.33 bits per heavy atom. The van der Waals surface area contributed by atoms with Gasteiger partial charge in [-0.25, -0.2) is 9.78 Å². The van der Waals surface area contributed by atoms with Crippen molar-refractivity contribution < 1.29 is 0 Å². The van der Waals surface area contributed by atoms with Gasteiger partial charge in [0.1, 0.15) is 5.65 Å². The molecule has 0 radical (unpaired) electrons. The molecule has 2 heterocycles. The first-order valence-electron chi connectivity index (χ1n) is 5.55. The highest BCUT2D eigenvalue weighted by atomic mass is 16.2. The summed E-state index contributed by atoms with van der Waals surface area (Å²) in [5.41, 5.74) is -0.000682. The van der Waals surface area contributed by atoms with Crippen LogP contribution in [0.5, 0.6) is 0 Å². The predicted molar refractivity (Wildman–Crippen MR) is 65.1 cm³/mol. The van der Waals surface area contributed by atoms with Crippen LogP contribution in [-0.2, 0) is 20.6 Å². The maximum atomic E-state index is 11.9. The highest BCUT2D eigenvalue weighted by molar-refractivity contribution is 5.69. The van der Waals surface area contributed by atoms with E-state index in [1.54, 1.807) is 11.6 Å². The smallest absolute Gasteiger partial charge is 0.316 e. The molecule has 0 aliphatic heterocycles. The lowest BCUT2D eigenvalue weighted by atomic mass is 10.3. The Kier molecular flexibility index (Phi) is 3.02. The number of aromatic nitrogens is 4. The zero-order valence-electron chi connectivity index (χ0n) is 10.3. The molecule has 0 bridgehead atoms. The van der Waals surface area contributed by atoms with Crippen LogP contribution in [0.1, 0.15) is 12.8 Å². The Morgan fingerprint density at radius 3 is 2.72 bits per heavy atom. The van der Waals surface area contributed by atoms with Gasteiger partial charge in [-0.1, -0.05) is 0 Å². The van der Waals surface area contributed by atoms with Crippen molar-refractivity contribution in [3.63, 3.8) is 0 Å². The third-order valence-corrected chi connectivity index (χ3v) is 2.90. The fraction of sp³-hybridized carbons (Fsp3) is 0.455. The number of aryl methyl sites for hydroxylation is 2. The van der Waals surface area contributed by atoms with E-state index in [1.165, 1.54) is 17.9 Å². The molecule has 0 saturated carbocycles. The van der Waals surface area contributed by atoms with Gasteiger partial charge in [0.15, 0.2) is 5.52 Å². The molecular formula is C11H13N5O2. The van der Waals surface area contributed by atoms with Gasteiger partial charge in [-0.15, -0.1) is 0 Å². The van der Waals surface area contributed by atoms with E-state index in [-0.39, 0.29) is 11.2 Å². The standard InChI is InChI=1S/C11H13N5O2/c1-14-9-8(10(17)15(2)11(14)18)13-7-16(9)6-4-3-5-12/h7H,3-4,6H2,1-2H3. The molecular weight excluding hydrogens is 234 g/mol. The van der Waals surface area contributed by atoms with Crippen LogP contribution in [0.25, 0.3) is 11.2 Å². The lowest BCUT2D eigenvalue weighted by Crippen LogP contribution is -2.37. The van der Waals surface area contributed by atoms with Crippen LogP contribution in [0.15, 0.2) is 15.9 Å². The van der Waals surface area contributed by atoms with Crippen molar-refractivity contribution in [2.24, 2.45) is 14.1 Å². The van der Waals surface area contributed by atoms with E-state index in [4.69, 9.17) is 5.26 Å². The third-order valence-electron chi connectivity index (χ3n) is 2.90. The molecule has 0 aromatic carbocycles. The quantitative estimate of drug-likeness (QED) is 0.699. The van der Waals surface area contributed by atoms with Crippen LogP contribution in [0.4, 0.5) is 0 Å². The summed E-state index contributed by atoms with van der Waals surface area (Å²) in [5.74, 6) is 0. The molecule has 2 aromatic heterocycles. The molecule has 0 spiro atoms. The molecule has 0 N–H and O–H groups in total. The molecule has 0 amide bonds. The van der Waals surface area contributed by atoms with Crippen molar-refractivity contribution in [1.82, 2.24) is 18.7 Å². The molecule has 7 nitrogen and oxygen atoms in total. The second kappa shape index (κ2) is 4.49. The van der Waals surface area contributed by atoms with Gasteiger partial charge < -0.3 is 4.57 Å². The van der Waals surface area contributed by atoms with Gasteiger partial charge in [0.25, 0.3) is 5.56 Å². The average Bonchev–Trinajstić information content (AvgIpc) is 2.78. The van der Waals surface area contributed by atoms with E-state index in [0.29, 0.717) is 25.0 Å². The fourth-order valence-electron chi connectivity index (χ4n) is 1.93. The fourth-order valence-corrected chi connectivity index (χ4v) is 1.93. The van der Waals surface area contributed by atoms with Gasteiger partial charge in [0, 0.05) is 27.1 Å². The topological polar surface area (TPSA) is 85.6 Å². The van der Waals surface area contributed by atoms with Crippen LogP contribution in [0.3, 0.4) is 0 Å². The van der Waals surface area contributed by atoms with Gasteiger partial charge in [0.2, 0.25) is 0 Å². The SMILES string of the molecule is Cn1c(=O)c2ncn(CCCC#N)c2n(C)c1=O. The summed E-state index contributed by atoms with van der Waals surface area (Å²) in [4.78, 5) is 27.7. The first-order valence-corrected chi connectivity index (χ1v) is 5.55. The average molecular weight is 247 g/mol. The van der Waals surface area contributed by atoms with Crippen LogP contribution >= 0.6 is 0 Å². The van der Waals surface area contributed by atoms with Crippen molar-refractivity contribution in [3.8, 4) is 6.07 Å². The maximum absolute atomic E-state index is 11.9. The van der Waals surface area contributed by atoms with E-state index in [0.717, 1.165) is 4.57 Å². The summed E-state index contributed by atoms with van der Waals surface area (Å²) in [6.45, 7) is 0.560. The highest BCUT2D eigenvalue weighted by Gasteiger charge is 2.13. The Labute approximate surface area is 103 Å². The normalized spacial score (nSPS) is 10.7. The first kappa shape index (κ1) is 12.1. The number of nitrogens with zero attached hydrogens (tertiary/aromatic N) is 5. The van der Waals surface area contributed by atoms with Crippen molar-refractivity contribution in [3.05, 3.63) is 27.2 Å². The molecule has 0 saturated heterocycles. The summed E-state index contributed by atoms with van der Waals surface area (Å²) in [6.07, 6.45) is 2.62. The monoisotopic (exact) mass is 247 g/mol. The zero-order chi connectivity index (χ0) is 13.3. The molecule has 0 aliphatic carbocycles. The van der Waals surface area contributed by atoms with Gasteiger partial charge in [-0.05, 0) is 6.42 Å². The molecule has 18 heavy (non-hydrogen) atoms. The van der Waals surface area contributed by atoms with Crippen LogP contribution in [0, 0.1) is 11.3 Å². The predicted octanol–water partition coefficient (Wildman–Crippen LogP) is -0.263. The van der Waals surface area contributed by atoms with Crippen molar-refractivity contribution in [2.75, 3.05) is 0 Å². The van der Waals surface area contributed by atoms with E-state index in [2.05, 4.69) is 11.1 Å².